The highest BCUT2D eigenvalue weighted by atomic mass is 16.5. The number of hydrogen-bond acceptors (Lipinski definition) is 6. The SMILES string of the molecule is Cc1nc(CCN(C)C(=O)Nc2n[nH]c(Cc3ccccc3)n2)no1. The van der Waals surface area contributed by atoms with Gasteiger partial charge in [-0.3, -0.25) is 10.4 Å². The molecule has 0 saturated carbocycles. The number of likely N-dealkylation sites (N-methyl/N-ethyl adjacent to an activating group) is 1. The molecule has 0 atom stereocenters. The van der Waals surface area contributed by atoms with Crippen molar-refractivity contribution in [1.82, 2.24) is 30.2 Å². The summed E-state index contributed by atoms with van der Waals surface area (Å²) in [6.45, 7) is 2.18. The van der Waals surface area contributed by atoms with Crippen LogP contribution in [0.5, 0.6) is 0 Å². The van der Waals surface area contributed by atoms with E-state index >= 15 is 0 Å². The number of rotatable bonds is 6. The number of H-pyrrole nitrogens is 1. The first-order chi connectivity index (χ1) is 12.1. The lowest BCUT2D eigenvalue weighted by Gasteiger charge is -2.15. The summed E-state index contributed by atoms with van der Waals surface area (Å²) >= 11 is 0. The van der Waals surface area contributed by atoms with Crippen molar-refractivity contribution in [2.75, 3.05) is 18.9 Å². The van der Waals surface area contributed by atoms with Crippen molar-refractivity contribution in [2.24, 2.45) is 0 Å². The minimum Gasteiger partial charge on any atom is -0.340 e. The van der Waals surface area contributed by atoms with Crippen molar-refractivity contribution in [1.29, 1.82) is 0 Å². The molecule has 0 radical (unpaired) electrons. The van der Waals surface area contributed by atoms with E-state index in [9.17, 15) is 4.79 Å². The summed E-state index contributed by atoms with van der Waals surface area (Å²) < 4.78 is 4.90. The molecule has 25 heavy (non-hydrogen) atoms. The zero-order valence-corrected chi connectivity index (χ0v) is 14.1. The Balaban J connectivity index is 1.50. The fraction of sp³-hybridized carbons (Fsp3) is 0.312. The van der Waals surface area contributed by atoms with Crippen LogP contribution in [-0.2, 0) is 12.8 Å². The summed E-state index contributed by atoms with van der Waals surface area (Å²) in [5.74, 6) is 2.01. The number of amides is 2. The molecule has 9 heteroatoms. The Kier molecular flexibility index (Phi) is 5.03. The number of aryl methyl sites for hydroxylation is 1. The maximum Gasteiger partial charge on any atom is 0.324 e. The van der Waals surface area contributed by atoms with Crippen molar-refractivity contribution in [3.8, 4) is 0 Å². The molecule has 2 N–H and O–H groups in total. The Morgan fingerprint density at radius 3 is 2.80 bits per heavy atom. The second-order valence-corrected chi connectivity index (χ2v) is 5.60. The number of benzene rings is 1. The zero-order chi connectivity index (χ0) is 17.6. The molecule has 0 bridgehead atoms. The number of hydrogen-bond donors (Lipinski definition) is 2. The molecule has 0 saturated heterocycles. The molecule has 3 aromatic rings. The highest BCUT2D eigenvalue weighted by Gasteiger charge is 2.13. The monoisotopic (exact) mass is 341 g/mol. The van der Waals surface area contributed by atoms with Gasteiger partial charge >= 0.3 is 6.03 Å². The lowest BCUT2D eigenvalue weighted by molar-refractivity contribution is 0.222. The van der Waals surface area contributed by atoms with Crippen LogP contribution in [0.1, 0.15) is 23.1 Å². The molecule has 0 aliphatic carbocycles. The van der Waals surface area contributed by atoms with Gasteiger partial charge in [0, 0.05) is 33.4 Å². The van der Waals surface area contributed by atoms with E-state index in [2.05, 4.69) is 30.6 Å². The molecule has 0 spiro atoms. The average Bonchev–Trinajstić information content (AvgIpc) is 3.22. The summed E-state index contributed by atoms with van der Waals surface area (Å²) in [6, 6.07) is 9.61. The van der Waals surface area contributed by atoms with E-state index in [1.165, 1.54) is 4.90 Å². The van der Waals surface area contributed by atoms with Crippen molar-refractivity contribution in [3.63, 3.8) is 0 Å². The summed E-state index contributed by atoms with van der Waals surface area (Å²) in [5, 5.41) is 13.3. The topological polar surface area (TPSA) is 113 Å². The molecule has 0 aliphatic heterocycles. The van der Waals surface area contributed by atoms with Gasteiger partial charge in [0.1, 0.15) is 5.82 Å². The van der Waals surface area contributed by atoms with Gasteiger partial charge in [0.05, 0.1) is 0 Å². The van der Waals surface area contributed by atoms with E-state index in [0.717, 1.165) is 5.56 Å². The smallest absolute Gasteiger partial charge is 0.324 e. The molecule has 2 amide bonds. The van der Waals surface area contributed by atoms with Crippen LogP contribution < -0.4 is 5.32 Å². The highest BCUT2D eigenvalue weighted by Crippen LogP contribution is 2.07. The Morgan fingerprint density at radius 2 is 2.08 bits per heavy atom. The van der Waals surface area contributed by atoms with Crippen LogP contribution in [0.2, 0.25) is 0 Å². The number of urea groups is 1. The minimum absolute atomic E-state index is 0.248. The van der Waals surface area contributed by atoms with Crippen LogP contribution in [0, 0.1) is 6.92 Å². The van der Waals surface area contributed by atoms with Crippen LogP contribution in [-0.4, -0.2) is 49.8 Å². The Labute approximate surface area is 144 Å². The number of carbonyl (C=O) groups is 1. The number of nitrogens with zero attached hydrogens (tertiary/aromatic N) is 5. The fourth-order valence-electron chi connectivity index (χ4n) is 2.22. The third kappa shape index (κ3) is 4.63. The van der Waals surface area contributed by atoms with Crippen LogP contribution >= 0.6 is 0 Å². The Morgan fingerprint density at radius 1 is 1.28 bits per heavy atom. The van der Waals surface area contributed by atoms with E-state index in [1.54, 1.807) is 14.0 Å². The van der Waals surface area contributed by atoms with Gasteiger partial charge in [0.2, 0.25) is 11.8 Å². The van der Waals surface area contributed by atoms with Crippen molar-refractivity contribution >= 4 is 12.0 Å². The molecule has 130 valence electrons. The minimum atomic E-state index is -0.300. The summed E-state index contributed by atoms with van der Waals surface area (Å²) in [5.41, 5.74) is 1.11. The summed E-state index contributed by atoms with van der Waals surface area (Å²) in [4.78, 5) is 22.1. The van der Waals surface area contributed by atoms with E-state index in [0.29, 0.717) is 36.9 Å². The zero-order valence-electron chi connectivity index (χ0n) is 14.1. The first-order valence-electron chi connectivity index (χ1n) is 7.86. The van der Waals surface area contributed by atoms with E-state index in [4.69, 9.17) is 4.52 Å². The summed E-state index contributed by atoms with van der Waals surface area (Å²) in [7, 11) is 1.68. The van der Waals surface area contributed by atoms with Crippen molar-refractivity contribution in [2.45, 2.75) is 19.8 Å². The van der Waals surface area contributed by atoms with E-state index in [-0.39, 0.29) is 12.0 Å². The van der Waals surface area contributed by atoms with Crippen molar-refractivity contribution in [3.05, 3.63) is 53.4 Å². The van der Waals surface area contributed by atoms with Crippen LogP contribution in [0.3, 0.4) is 0 Å². The third-order valence-electron chi connectivity index (χ3n) is 3.55. The Hall–Kier alpha value is -3.23. The van der Waals surface area contributed by atoms with Crippen LogP contribution in [0.4, 0.5) is 10.7 Å². The molecule has 0 fully saturated rings. The third-order valence-corrected chi connectivity index (χ3v) is 3.55. The first kappa shape index (κ1) is 16.6. The van der Waals surface area contributed by atoms with Gasteiger partial charge in [0.15, 0.2) is 5.82 Å². The van der Waals surface area contributed by atoms with Gasteiger partial charge in [-0.25, -0.2) is 4.79 Å². The summed E-state index contributed by atoms with van der Waals surface area (Å²) in [6.07, 6.45) is 1.13. The van der Waals surface area contributed by atoms with E-state index in [1.807, 2.05) is 30.3 Å². The molecule has 0 unspecified atom stereocenters. The maximum atomic E-state index is 12.2. The van der Waals surface area contributed by atoms with Gasteiger partial charge < -0.3 is 9.42 Å². The van der Waals surface area contributed by atoms with Gasteiger partial charge in [-0.05, 0) is 5.56 Å². The molecule has 1 aromatic carbocycles. The molecule has 0 aliphatic rings. The number of nitrogens with one attached hydrogen (secondary N) is 2. The van der Waals surface area contributed by atoms with Gasteiger partial charge in [0.25, 0.3) is 0 Å². The van der Waals surface area contributed by atoms with Gasteiger partial charge in [-0.1, -0.05) is 35.5 Å². The van der Waals surface area contributed by atoms with Crippen LogP contribution in [0.15, 0.2) is 34.9 Å². The van der Waals surface area contributed by atoms with Gasteiger partial charge in [-0.15, -0.1) is 5.10 Å². The van der Waals surface area contributed by atoms with Gasteiger partial charge in [-0.2, -0.15) is 9.97 Å². The molecule has 2 aromatic heterocycles. The molecular weight excluding hydrogens is 322 g/mol. The largest absolute Gasteiger partial charge is 0.340 e. The number of carbonyl (C=O) groups excluding carboxylic acids is 1. The maximum absolute atomic E-state index is 12.2. The highest BCUT2D eigenvalue weighted by molar-refractivity contribution is 5.87. The first-order valence-corrected chi connectivity index (χ1v) is 7.86. The second kappa shape index (κ2) is 7.56. The van der Waals surface area contributed by atoms with Crippen molar-refractivity contribution < 1.29 is 9.32 Å². The second-order valence-electron chi connectivity index (χ2n) is 5.60. The molecule has 2 heterocycles. The lowest BCUT2D eigenvalue weighted by atomic mass is 10.1. The number of anilines is 1. The lowest BCUT2D eigenvalue weighted by Crippen LogP contribution is -2.33. The standard InChI is InChI=1S/C16H19N7O2/c1-11-17-13(22-25-11)8-9-23(2)16(24)19-15-18-14(20-21-15)10-12-6-4-3-5-7-12/h3-7H,8-10H2,1-2H3,(H2,18,19,20,21,24). The number of aromatic amines is 1. The van der Waals surface area contributed by atoms with E-state index < -0.39 is 0 Å². The Bertz CT molecular complexity index is 828. The molecule has 3 rings (SSSR count). The predicted octanol–water partition coefficient (Wildman–Crippen LogP) is 1.79. The number of aromatic nitrogens is 5. The molecular formula is C16H19N7O2. The average molecular weight is 341 g/mol. The quantitative estimate of drug-likeness (QED) is 0.707. The molecule has 9 nitrogen and oxygen atoms in total. The normalized spacial score (nSPS) is 10.6. The predicted molar refractivity (Wildman–Crippen MR) is 90.0 cm³/mol. The van der Waals surface area contributed by atoms with Crippen LogP contribution in [0.25, 0.3) is 0 Å². The fourth-order valence-corrected chi connectivity index (χ4v) is 2.22.